The van der Waals surface area contributed by atoms with Crippen LogP contribution >= 0.6 is 12.6 Å². The number of carbonyl (C=O) groups excluding carboxylic acids is 1. The van der Waals surface area contributed by atoms with Gasteiger partial charge < -0.3 is 9.47 Å². The number of nitrogens with zero attached hydrogens (tertiary/aromatic N) is 4. The number of hydrogen-bond acceptors (Lipinski definition) is 7. The molecule has 1 atom stereocenters. The predicted octanol–water partition coefficient (Wildman–Crippen LogP) is 0.171. The van der Waals surface area contributed by atoms with E-state index in [-0.39, 0.29) is 29.8 Å². The summed E-state index contributed by atoms with van der Waals surface area (Å²) < 4.78 is 9.90. The van der Waals surface area contributed by atoms with Gasteiger partial charge in [0.25, 0.3) is 0 Å². The van der Waals surface area contributed by atoms with Crippen LogP contribution in [0.2, 0.25) is 0 Å². The van der Waals surface area contributed by atoms with Crippen LogP contribution in [0, 0.1) is 5.92 Å². The Kier molecular flexibility index (Phi) is 3.85. The second-order valence-electron chi connectivity index (χ2n) is 3.87. The molecule has 1 aromatic heterocycles. The molecule has 0 bridgehead atoms. The van der Waals surface area contributed by atoms with Crippen LogP contribution in [0.3, 0.4) is 0 Å². The minimum Gasteiger partial charge on any atom is -0.467 e. The largest absolute Gasteiger partial charge is 0.467 e. The summed E-state index contributed by atoms with van der Waals surface area (Å²) in [6.45, 7) is 0.554. The first-order chi connectivity index (χ1) is 8.67. The molecule has 1 unspecified atom stereocenters. The number of aromatic nitrogens is 3. The average molecular weight is 270 g/mol. The van der Waals surface area contributed by atoms with E-state index >= 15 is 0 Å². The van der Waals surface area contributed by atoms with Crippen LogP contribution in [0.5, 0.6) is 12.0 Å². The fourth-order valence-corrected chi connectivity index (χ4v) is 1.97. The second-order valence-corrected chi connectivity index (χ2v) is 4.23. The van der Waals surface area contributed by atoms with Crippen LogP contribution in [-0.4, -0.2) is 47.4 Å². The number of amides is 1. The second kappa shape index (κ2) is 5.38. The molecule has 2 rings (SSSR count). The number of rotatable bonds is 4. The predicted molar refractivity (Wildman–Crippen MR) is 67.2 cm³/mol. The summed E-state index contributed by atoms with van der Waals surface area (Å²) in [4.78, 5) is 25.4. The maximum atomic E-state index is 11.9. The molecule has 1 fully saturated rings. The highest BCUT2D eigenvalue weighted by Crippen LogP contribution is 2.24. The third kappa shape index (κ3) is 2.47. The number of hydrogen-bond donors (Lipinski definition) is 1. The molecule has 1 amide bonds. The molecule has 0 radical (unpaired) electrons. The van der Waals surface area contributed by atoms with E-state index in [1.165, 1.54) is 19.1 Å². The van der Waals surface area contributed by atoms with E-state index in [0.717, 1.165) is 0 Å². The Balaban J connectivity index is 2.30. The minimum absolute atomic E-state index is 0.0237. The summed E-state index contributed by atoms with van der Waals surface area (Å²) >= 11 is 4.21. The molecule has 2 heterocycles. The van der Waals surface area contributed by atoms with Crippen molar-refractivity contribution < 1.29 is 14.3 Å². The molecule has 0 spiro atoms. The molecule has 98 valence electrons. The lowest BCUT2D eigenvalue weighted by atomic mass is 10.1. The van der Waals surface area contributed by atoms with Gasteiger partial charge in [0, 0.05) is 13.0 Å². The van der Waals surface area contributed by atoms with Gasteiger partial charge in [-0.15, -0.1) is 4.98 Å². The first-order valence-corrected chi connectivity index (χ1v) is 6.06. The van der Waals surface area contributed by atoms with Crippen LogP contribution in [0.25, 0.3) is 0 Å². The van der Waals surface area contributed by atoms with Crippen molar-refractivity contribution in [2.45, 2.75) is 6.42 Å². The van der Waals surface area contributed by atoms with E-state index in [9.17, 15) is 4.79 Å². The first kappa shape index (κ1) is 12.9. The summed E-state index contributed by atoms with van der Waals surface area (Å²) in [5.74, 6) is 1.11. The Bertz CT molecular complexity index is 434. The van der Waals surface area contributed by atoms with Gasteiger partial charge in [0.05, 0.1) is 14.2 Å². The van der Waals surface area contributed by atoms with Gasteiger partial charge >= 0.3 is 12.0 Å². The van der Waals surface area contributed by atoms with Crippen LogP contribution in [0.1, 0.15) is 6.42 Å². The number of methoxy groups -OCH3 is 2. The molecule has 0 aliphatic carbocycles. The molecule has 0 aromatic carbocycles. The summed E-state index contributed by atoms with van der Waals surface area (Å²) in [6, 6.07) is 0.248. The highest BCUT2D eigenvalue weighted by molar-refractivity contribution is 7.80. The van der Waals surface area contributed by atoms with E-state index in [4.69, 9.17) is 9.47 Å². The quantitative estimate of drug-likeness (QED) is 0.786. The van der Waals surface area contributed by atoms with E-state index in [1.807, 2.05) is 0 Å². The average Bonchev–Trinajstić information content (AvgIpc) is 2.79. The van der Waals surface area contributed by atoms with Gasteiger partial charge in [0.15, 0.2) is 0 Å². The first-order valence-electron chi connectivity index (χ1n) is 5.43. The Labute approximate surface area is 110 Å². The zero-order valence-corrected chi connectivity index (χ0v) is 11.1. The van der Waals surface area contributed by atoms with Gasteiger partial charge in [-0.25, -0.2) is 0 Å². The SMILES string of the molecule is COc1nc(OC)nc(N2CC(CS)CC2=O)n1. The molecular weight excluding hydrogens is 256 g/mol. The number of carbonyl (C=O) groups is 1. The lowest BCUT2D eigenvalue weighted by Crippen LogP contribution is -2.27. The van der Waals surface area contributed by atoms with Crippen molar-refractivity contribution in [1.29, 1.82) is 0 Å². The van der Waals surface area contributed by atoms with Crippen LogP contribution in [0.15, 0.2) is 0 Å². The smallest absolute Gasteiger partial charge is 0.324 e. The lowest BCUT2D eigenvalue weighted by molar-refractivity contribution is -0.117. The van der Waals surface area contributed by atoms with Crippen molar-refractivity contribution >= 4 is 24.5 Å². The fourth-order valence-electron chi connectivity index (χ4n) is 1.73. The summed E-state index contributed by atoms with van der Waals surface area (Å²) in [7, 11) is 2.89. The lowest BCUT2D eigenvalue weighted by Gasteiger charge is -2.14. The van der Waals surface area contributed by atoms with E-state index in [2.05, 4.69) is 27.6 Å². The van der Waals surface area contributed by atoms with Gasteiger partial charge in [0.2, 0.25) is 11.9 Å². The third-order valence-corrected chi connectivity index (χ3v) is 3.17. The van der Waals surface area contributed by atoms with Crippen molar-refractivity contribution in [1.82, 2.24) is 15.0 Å². The Morgan fingerprint density at radius 1 is 1.28 bits per heavy atom. The Hall–Kier alpha value is -1.57. The van der Waals surface area contributed by atoms with Gasteiger partial charge in [0.1, 0.15) is 0 Å². The molecule has 0 N–H and O–H groups in total. The normalized spacial score (nSPS) is 19.2. The van der Waals surface area contributed by atoms with Crippen LogP contribution in [0.4, 0.5) is 5.95 Å². The molecule has 1 saturated heterocycles. The maximum Gasteiger partial charge on any atom is 0.324 e. The van der Waals surface area contributed by atoms with Gasteiger partial charge in [-0.3, -0.25) is 9.69 Å². The highest BCUT2D eigenvalue weighted by atomic mass is 32.1. The van der Waals surface area contributed by atoms with Gasteiger partial charge in [-0.2, -0.15) is 22.6 Å². The van der Waals surface area contributed by atoms with Crippen LogP contribution < -0.4 is 14.4 Å². The van der Waals surface area contributed by atoms with Crippen molar-refractivity contribution in [3.63, 3.8) is 0 Å². The number of anilines is 1. The molecule has 1 aliphatic rings. The molecule has 7 nitrogen and oxygen atoms in total. The summed E-state index contributed by atoms with van der Waals surface area (Å²) in [5, 5.41) is 0. The van der Waals surface area contributed by atoms with E-state index in [0.29, 0.717) is 18.7 Å². The van der Waals surface area contributed by atoms with Crippen molar-refractivity contribution in [2.75, 3.05) is 31.4 Å². The van der Waals surface area contributed by atoms with Crippen molar-refractivity contribution in [2.24, 2.45) is 5.92 Å². The van der Waals surface area contributed by atoms with Gasteiger partial charge in [-0.1, -0.05) is 0 Å². The van der Waals surface area contributed by atoms with E-state index < -0.39 is 0 Å². The minimum atomic E-state index is -0.0237. The van der Waals surface area contributed by atoms with Crippen LogP contribution in [-0.2, 0) is 4.79 Å². The van der Waals surface area contributed by atoms with Gasteiger partial charge in [-0.05, 0) is 11.7 Å². The third-order valence-electron chi connectivity index (χ3n) is 2.65. The highest BCUT2D eigenvalue weighted by Gasteiger charge is 2.32. The topological polar surface area (TPSA) is 77.4 Å². The maximum absolute atomic E-state index is 11.9. The Morgan fingerprint density at radius 2 is 1.89 bits per heavy atom. The molecule has 1 aromatic rings. The fraction of sp³-hybridized carbons (Fsp3) is 0.600. The molecule has 8 heteroatoms. The van der Waals surface area contributed by atoms with Crippen molar-refractivity contribution in [3.05, 3.63) is 0 Å². The number of ether oxygens (including phenoxy) is 2. The molecule has 0 saturated carbocycles. The zero-order valence-electron chi connectivity index (χ0n) is 10.2. The van der Waals surface area contributed by atoms with Crippen molar-refractivity contribution in [3.8, 4) is 12.0 Å². The molecule has 1 aliphatic heterocycles. The van der Waals surface area contributed by atoms with E-state index in [1.54, 1.807) is 0 Å². The standard InChI is InChI=1S/C10H14N4O3S/c1-16-9-11-8(12-10(13-9)17-2)14-4-6(5-18)3-7(14)15/h6,18H,3-5H2,1-2H3. The molecular formula is C10H14N4O3S. The summed E-state index contributed by atoms with van der Waals surface area (Å²) in [6.07, 6.45) is 0.458. The monoisotopic (exact) mass is 270 g/mol. The number of thiol groups is 1. The zero-order chi connectivity index (χ0) is 13.1. The Morgan fingerprint density at radius 3 is 2.33 bits per heavy atom. The summed E-state index contributed by atoms with van der Waals surface area (Å²) in [5.41, 5.74) is 0. The molecule has 18 heavy (non-hydrogen) atoms.